The van der Waals surface area contributed by atoms with E-state index in [2.05, 4.69) is 68.5 Å². The van der Waals surface area contributed by atoms with Gasteiger partial charge in [-0.25, -0.2) is 0 Å². The summed E-state index contributed by atoms with van der Waals surface area (Å²) >= 11 is 1.70. The normalized spacial score (nSPS) is 27.9. The van der Waals surface area contributed by atoms with E-state index in [1.165, 1.54) is 0 Å². The Hall–Kier alpha value is -2.58. The smallest absolute Gasteiger partial charge is 0.247 e. The number of hydrogen-bond donors (Lipinski definition) is 1. The second-order valence-corrected chi connectivity index (χ2v) is 17.6. The van der Waals surface area contributed by atoms with E-state index >= 15 is 4.79 Å². The molecule has 1 aromatic rings. The van der Waals surface area contributed by atoms with Crippen LogP contribution in [0.15, 0.2) is 55.6 Å². The zero-order valence-electron chi connectivity index (χ0n) is 29.4. The second kappa shape index (κ2) is 13.9. The van der Waals surface area contributed by atoms with Crippen molar-refractivity contribution in [2.75, 3.05) is 19.7 Å². The molecule has 8 heteroatoms. The summed E-state index contributed by atoms with van der Waals surface area (Å²) in [5.41, 5.74) is 0.456. The molecular formula is C38H57N3O4S. The summed E-state index contributed by atoms with van der Waals surface area (Å²) in [5, 5.41) is 10.7. The van der Waals surface area contributed by atoms with Crippen molar-refractivity contribution in [2.24, 2.45) is 29.1 Å². The molecule has 7 nitrogen and oxygen atoms in total. The molecule has 4 rings (SSSR count). The van der Waals surface area contributed by atoms with Crippen LogP contribution in [0.2, 0.25) is 0 Å². The van der Waals surface area contributed by atoms with Crippen LogP contribution >= 0.6 is 11.8 Å². The number of benzene rings is 1. The number of carbonyl (C=O) groups is 3. The van der Waals surface area contributed by atoms with E-state index in [9.17, 15) is 14.7 Å². The molecule has 3 unspecified atom stereocenters. The van der Waals surface area contributed by atoms with Gasteiger partial charge in [-0.3, -0.25) is 14.4 Å². The summed E-state index contributed by atoms with van der Waals surface area (Å²) < 4.78 is -0.770. The lowest BCUT2D eigenvalue weighted by Gasteiger charge is -2.47. The van der Waals surface area contributed by atoms with Gasteiger partial charge in [0.15, 0.2) is 0 Å². The summed E-state index contributed by atoms with van der Waals surface area (Å²) in [7, 11) is 0. The number of fused-ring (bicyclic) bond motifs is 1. The summed E-state index contributed by atoms with van der Waals surface area (Å²) in [6.07, 6.45) is 5.59. The van der Waals surface area contributed by atoms with Gasteiger partial charge in [-0.1, -0.05) is 84.0 Å². The maximum absolute atomic E-state index is 15.2. The molecule has 254 valence electrons. The van der Waals surface area contributed by atoms with Gasteiger partial charge in [0.05, 0.1) is 29.2 Å². The molecule has 3 amide bonds. The predicted molar refractivity (Wildman–Crippen MR) is 188 cm³/mol. The molecule has 3 aliphatic heterocycles. The lowest BCUT2D eigenvalue weighted by atomic mass is 9.65. The maximum atomic E-state index is 15.2. The van der Waals surface area contributed by atoms with E-state index in [-0.39, 0.29) is 46.8 Å². The van der Waals surface area contributed by atoms with Gasteiger partial charge in [-0.05, 0) is 55.9 Å². The van der Waals surface area contributed by atoms with Crippen LogP contribution in [0.4, 0.5) is 0 Å². The maximum Gasteiger partial charge on any atom is 0.247 e. The van der Waals surface area contributed by atoms with Gasteiger partial charge < -0.3 is 19.8 Å². The van der Waals surface area contributed by atoms with Crippen LogP contribution < -0.4 is 0 Å². The highest BCUT2D eigenvalue weighted by molar-refractivity contribution is 8.02. The number of carbonyl (C=O) groups excluding carboxylic acids is 3. The van der Waals surface area contributed by atoms with Crippen molar-refractivity contribution in [1.29, 1.82) is 0 Å². The van der Waals surface area contributed by atoms with Gasteiger partial charge in [-0.2, -0.15) is 0 Å². The van der Waals surface area contributed by atoms with E-state index < -0.39 is 34.2 Å². The van der Waals surface area contributed by atoms with Gasteiger partial charge in [0.2, 0.25) is 17.7 Å². The Morgan fingerprint density at radius 1 is 1.09 bits per heavy atom. The number of thioether (sulfide) groups is 1. The summed E-state index contributed by atoms with van der Waals surface area (Å²) in [6, 6.07) is 8.58. The van der Waals surface area contributed by atoms with Crippen molar-refractivity contribution >= 4 is 29.5 Å². The Balaban J connectivity index is 1.84. The molecule has 3 heterocycles. The first-order valence-electron chi connectivity index (χ1n) is 17.0. The van der Waals surface area contributed by atoms with Crippen molar-refractivity contribution in [1.82, 2.24) is 14.7 Å². The fourth-order valence-corrected chi connectivity index (χ4v) is 11.3. The van der Waals surface area contributed by atoms with Gasteiger partial charge in [0, 0.05) is 30.4 Å². The summed E-state index contributed by atoms with van der Waals surface area (Å²) in [6.45, 7) is 25.8. The number of rotatable bonds is 14. The third kappa shape index (κ3) is 6.71. The van der Waals surface area contributed by atoms with E-state index in [1.54, 1.807) is 28.8 Å². The molecule has 1 spiro atoms. The highest BCUT2D eigenvalue weighted by Crippen LogP contribution is 2.69. The third-order valence-corrected chi connectivity index (χ3v) is 12.3. The standard InChI is InChI=1S/C38H57N3O4S/c1-11-18-39(22-27-16-14-13-15-17-27)33(43)30-29-21-26(5)38(46-29)31(30)34(44)41(28(23-42)20-25(3)4)32(38)35(45)40(19-12-2)37(9,10)24-36(6,7)8/h11-17,25-26,28-32,42H,1-2,18-24H2,3-10H3/t26?,28-,29-,30+,31+,32?,38?/m1/s1. The molecule has 0 radical (unpaired) electrons. The lowest BCUT2D eigenvalue weighted by molar-refractivity contribution is -0.150. The van der Waals surface area contributed by atoms with Crippen molar-refractivity contribution in [3.8, 4) is 0 Å². The first-order chi connectivity index (χ1) is 21.5. The van der Waals surface area contributed by atoms with Gasteiger partial charge in [0.25, 0.3) is 0 Å². The fourth-order valence-electron chi connectivity index (χ4n) is 8.94. The number of aliphatic hydroxyl groups is 1. The number of nitrogens with zero attached hydrogens (tertiary/aromatic N) is 3. The Bertz CT molecular complexity index is 1290. The first-order valence-corrected chi connectivity index (χ1v) is 17.9. The molecule has 46 heavy (non-hydrogen) atoms. The average Bonchev–Trinajstić information content (AvgIpc) is 3.56. The van der Waals surface area contributed by atoms with Gasteiger partial charge in [-0.15, -0.1) is 24.9 Å². The molecule has 0 saturated carbocycles. The molecule has 3 fully saturated rings. The Morgan fingerprint density at radius 2 is 1.72 bits per heavy atom. The van der Waals surface area contributed by atoms with Crippen LogP contribution in [0.1, 0.15) is 80.2 Å². The predicted octanol–water partition coefficient (Wildman–Crippen LogP) is 6.17. The van der Waals surface area contributed by atoms with E-state index in [1.807, 2.05) is 40.1 Å². The second-order valence-electron chi connectivity index (χ2n) is 16.0. The summed E-state index contributed by atoms with van der Waals surface area (Å²) in [5.74, 6) is -1.28. The highest BCUT2D eigenvalue weighted by atomic mass is 32.2. The molecule has 3 saturated heterocycles. The van der Waals surface area contributed by atoms with Crippen LogP contribution in [-0.4, -0.2) is 84.8 Å². The molecule has 2 bridgehead atoms. The Morgan fingerprint density at radius 3 is 2.26 bits per heavy atom. The molecule has 7 atom stereocenters. The van der Waals surface area contributed by atoms with Crippen molar-refractivity contribution in [2.45, 2.75) is 109 Å². The topological polar surface area (TPSA) is 81.2 Å². The van der Waals surface area contributed by atoms with Crippen LogP contribution in [0, 0.1) is 29.1 Å². The monoisotopic (exact) mass is 651 g/mol. The van der Waals surface area contributed by atoms with Crippen molar-refractivity contribution < 1.29 is 19.5 Å². The highest BCUT2D eigenvalue weighted by Gasteiger charge is 2.77. The molecule has 3 aliphatic rings. The van der Waals surface area contributed by atoms with Crippen LogP contribution in [0.5, 0.6) is 0 Å². The largest absolute Gasteiger partial charge is 0.394 e. The van der Waals surface area contributed by atoms with E-state index in [4.69, 9.17) is 0 Å². The van der Waals surface area contributed by atoms with Gasteiger partial charge in [0.1, 0.15) is 6.04 Å². The number of likely N-dealkylation sites (tertiary alicyclic amines) is 1. The molecule has 1 aromatic carbocycles. The Kier molecular flexibility index (Phi) is 10.9. The summed E-state index contributed by atoms with van der Waals surface area (Å²) in [4.78, 5) is 50.2. The van der Waals surface area contributed by atoms with E-state index in [0.717, 1.165) is 18.4 Å². The minimum absolute atomic E-state index is 0.0381. The van der Waals surface area contributed by atoms with Crippen LogP contribution in [0.25, 0.3) is 0 Å². The molecular weight excluding hydrogens is 595 g/mol. The molecule has 0 aliphatic carbocycles. The Labute approximate surface area is 281 Å². The zero-order chi connectivity index (χ0) is 34.2. The van der Waals surface area contributed by atoms with Crippen LogP contribution in [-0.2, 0) is 20.9 Å². The van der Waals surface area contributed by atoms with Crippen molar-refractivity contribution in [3.63, 3.8) is 0 Å². The lowest BCUT2D eigenvalue weighted by Crippen LogP contribution is -2.63. The minimum Gasteiger partial charge on any atom is -0.394 e. The third-order valence-electron chi connectivity index (χ3n) is 10.2. The minimum atomic E-state index is -0.787. The molecule has 1 N–H and O–H groups in total. The fraction of sp³-hybridized carbons (Fsp3) is 0.658. The van der Waals surface area contributed by atoms with Crippen LogP contribution in [0.3, 0.4) is 0 Å². The van der Waals surface area contributed by atoms with E-state index in [0.29, 0.717) is 26.1 Å². The SMILES string of the molecule is C=CCN(Cc1ccccc1)C(=O)[C@@H]1[C@H]2C(=O)N([C@@H](CO)CC(C)C)C(C(=O)N(CC=C)C(C)(C)CC(C)(C)C)C23S[C@@H]1CC3C. The number of aliphatic hydroxyl groups excluding tert-OH is 1. The molecule has 0 aromatic heterocycles. The number of hydrogen-bond acceptors (Lipinski definition) is 5. The average molecular weight is 652 g/mol. The zero-order valence-corrected chi connectivity index (χ0v) is 30.2. The quantitative estimate of drug-likeness (QED) is 0.243. The van der Waals surface area contributed by atoms with Crippen molar-refractivity contribution in [3.05, 3.63) is 61.2 Å². The number of amides is 3. The first kappa shape index (κ1) is 36.3. The van der Waals surface area contributed by atoms with Gasteiger partial charge >= 0.3 is 0 Å².